The lowest BCUT2D eigenvalue weighted by atomic mass is 10.1. The van der Waals surface area contributed by atoms with Crippen LogP contribution in [0.2, 0.25) is 0 Å². The molecule has 1 saturated heterocycles. The van der Waals surface area contributed by atoms with Gasteiger partial charge in [0.05, 0.1) is 0 Å². The first-order valence-electron chi connectivity index (χ1n) is 7.25. The summed E-state index contributed by atoms with van der Waals surface area (Å²) in [4.78, 5) is 4.88. The van der Waals surface area contributed by atoms with Crippen molar-refractivity contribution < 1.29 is 5.11 Å². The Balaban J connectivity index is 2.21. The average molecular weight is 262 g/mol. The quantitative estimate of drug-likeness (QED) is 0.904. The van der Waals surface area contributed by atoms with Gasteiger partial charge >= 0.3 is 0 Å². The SMILES string of the molecule is Cc1cccc(N2CCCN(C)C(CCO)C2)c1C. The second-order valence-electron chi connectivity index (χ2n) is 5.67. The van der Waals surface area contributed by atoms with Crippen LogP contribution in [0.25, 0.3) is 0 Å². The number of anilines is 1. The van der Waals surface area contributed by atoms with Crippen molar-refractivity contribution in [2.75, 3.05) is 38.2 Å². The number of hydrogen-bond acceptors (Lipinski definition) is 3. The van der Waals surface area contributed by atoms with E-state index in [2.05, 4.69) is 48.9 Å². The number of benzene rings is 1. The topological polar surface area (TPSA) is 26.7 Å². The number of nitrogens with zero attached hydrogens (tertiary/aromatic N) is 2. The molecule has 3 nitrogen and oxygen atoms in total. The Morgan fingerprint density at radius 1 is 1.26 bits per heavy atom. The van der Waals surface area contributed by atoms with Crippen molar-refractivity contribution in [3.8, 4) is 0 Å². The predicted molar refractivity (Wildman–Crippen MR) is 80.9 cm³/mol. The molecule has 0 bridgehead atoms. The van der Waals surface area contributed by atoms with E-state index in [-0.39, 0.29) is 6.61 Å². The minimum atomic E-state index is 0.273. The maximum atomic E-state index is 9.24. The van der Waals surface area contributed by atoms with E-state index in [1.165, 1.54) is 23.2 Å². The summed E-state index contributed by atoms with van der Waals surface area (Å²) in [7, 11) is 2.17. The summed E-state index contributed by atoms with van der Waals surface area (Å²) in [5.74, 6) is 0. The lowest BCUT2D eigenvalue weighted by Gasteiger charge is -2.31. The number of aliphatic hydroxyl groups is 1. The standard InChI is InChI=1S/C16H26N2O/c1-13-6-4-7-16(14(13)2)18-10-5-9-17(3)15(12-18)8-11-19/h4,6-7,15,19H,5,8-12H2,1-3H3. The highest BCUT2D eigenvalue weighted by Crippen LogP contribution is 2.25. The van der Waals surface area contributed by atoms with Gasteiger partial charge in [-0.3, -0.25) is 0 Å². The van der Waals surface area contributed by atoms with E-state index < -0.39 is 0 Å². The summed E-state index contributed by atoms with van der Waals surface area (Å²) in [5.41, 5.74) is 4.10. The normalized spacial score (nSPS) is 21.5. The maximum absolute atomic E-state index is 9.24. The Kier molecular flexibility index (Phi) is 4.83. The molecule has 1 aliphatic heterocycles. The van der Waals surface area contributed by atoms with Crippen molar-refractivity contribution >= 4 is 5.69 Å². The first kappa shape index (κ1) is 14.4. The molecule has 0 aromatic heterocycles. The zero-order valence-corrected chi connectivity index (χ0v) is 12.4. The van der Waals surface area contributed by atoms with Gasteiger partial charge in [0.15, 0.2) is 0 Å². The number of rotatable bonds is 3. The molecule has 1 heterocycles. The Hall–Kier alpha value is -1.06. The summed E-state index contributed by atoms with van der Waals surface area (Å²) in [6, 6.07) is 7.00. The Morgan fingerprint density at radius 2 is 2.05 bits per heavy atom. The summed E-state index contributed by atoms with van der Waals surface area (Å²) in [6.45, 7) is 7.90. The van der Waals surface area contributed by atoms with Crippen LogP contribution >= 0.6 is 0 Å². The van der Waals surface area contributed by atoms with E-state index in [1.807, 2.05) is 0 Å². The van der Waals surface area contributed by atoms with Gasteiger partial charge in [-0.25, -0.2) is 0 Å². The highest BCUT2D eigenvalue weighted by atomic mass is 16.3. The molecule has 0 spiro atoms. The first-order chi connectivity index (χ1) is 9.13. The zero-order valence-electron chi connectivity index (χ0n) is 12.4. The highest BCUT2D eigenvalue weighted by Gasteiger charge is 2.22. The van der Waals surface area contributed by atoms with Gasteiger partial charge < -0.3 is 14.9 Å². The summed E-state index contributed by atoms with van der Waals surface area (Å²) < 4.78 is 0. The van der Waals surface area contributed by atoms with Crippen molar-refractivity contribution in [2.24, 2.45) is 0 Å². The molecule has 2 rings (SSSR count). The molecule has 0 aliphatic carbocycles. The minimum Gasteiger partial charge on any atom is -0.396 e. The molecule has 0 saturated carbocycles. The largest absolute Gasteiger partial charge is 0.396 e. The van der Waals surface area contributed by atoms with Crippen molar-refractivity contribution in [1.29, 1.82) is 0 Å². The van der Waals surface area contributed by atoms with Crippen LogP contribution in [-0.4, -0.2) is 49.3 Å². The van der Waals surface area contributed by atoms with Gasteiger partial charge in [0, 0.05) is 31.4 Å². The molecule has 1 aromatic carbocycles. The lowest BCUT2D eigenvalue weighted by molar-refractivity contribution is 0.196. The summed E-state index contributed by atoms with van der Waals surface area (Å²) >= 11 is 0. The number of likely N-dealkylation sites (N-methyl/N-ethyl adjacent to an activating group) is 1. The Labute approximate surface area is 116 Å². The van der Waals surface area contributed by atoms with Crippen LogP contribution in [0.5, 0.6) is 0 Å². The van der Waals surface area contributed by atoms with E-state index in [4.69, 9.17) is 0 Å². The molecular weight excluding hydrogens is 236 g/mol. The molecular formula is C16H26N2O. The van der Waals surface area contributed by atoms with Crippen LogP contribution in [-0.2, 0) is 0 Å². The maximum Gasteiger partial charge on any atom is 0.0446 e. The third-order valence-corrected chi connectivity index (χ3v) is 4.37. The van der Waals surface area contributed by atoms with Crippen LogP contribution in [0, 0.1) is 13.8 Å². The van der Waals surface area contributed by atoms with Gasteiger partial charge in [-0.2, -0.15) is 0 Å². The van der Waals surface area contributed by atoms with Crippen LogP contribution in [0.4, 0.5) is 5.69 Å². The fourth-order valence-corrected chi connectivity index (χ4v) is 2.94. The van der Waals surface area contributed by atoms with Gasteiger partial charge in [-0.1, -0.05) is 12.1 Å². The predicted octanol–water partition coefficient (Wildman–Crippen LogP) is 2.20. The summed E-state index contributed by atoms with van der Waals surface area (Å²) in [6.07, 6.45) is 2.05. The van der Waals surface area contributed by atoms with E-state index in [1.54, 1.807) is 0 Å². The van der Waals surface area contributed by atoms with Gasteiger partial charge in [-0.15, -0.1) is 0 Å². The lowest BCUT2D eigenvalue weighted by Crippen LogP contribution is -2.39. The zero-order chi connectivity index (χ0) is 13.8. The fraction of sp³-hybridized carbons (Fsp3) is 0.625. The van der Waals surface area contributed by atoms with Gasteiger partial charge in [0.2, 0.25) is 0 Å². The first-order valence-corrected chi connectivity index (χ1v) is 7.25. The van der Waals surface area contributed by atoms with Gasteiger partial charge in [-0.05, 0) is 57.5 Å². The number of hydrogen-bond donors (Lipinski definition) is 1. The molecule has 1 aromatic rings. The highest BCUT2D eigenvalue weighted by molar-refractivity contribution is 5.56. The monoisotopic (exact) mass is 262 g/mol. The van der Waals surface area contributed by atoms with E-state index >= 15 is 0 Å². The number of aryl methyl sites for hydroxylation is 1. The average Bonchev–Trinajstić information content (AvgIpc) is 2.56. The smallest absolute Gasteiger partial charge is 0.0446 e. The van der Waals surface area contributed by atoms with Crippen LogP contribution in [0.15, 0.2) is 18.2 Å². The molecule has 0 radical (unpaired) electrons. The third kappa shape index (κ3) is 3.28. The van der Waals surface area contributed by atoms with Crippen molar-refractivity contribution in [3.63, 3.8) is 0 Å². The second kappa shape index (κ2) is 6.40. The third-order valence-electron chi connectivity index (χ3n) is 4.37. The molecule has 0 amide bonds. The van der Waals surface area contributed by atoms with Crippen molar-refractivity contribution in [3.05, 3.63) is 29.3 Å². The van der Waals surface area contributed by atoms with E-state index in [9.17, 15) is 5.11 Å². The van der Waals surface area contributed by atoms with Crippen molar-refractivity contribution in [1.82, 2.24) is 4.90 Å². The minimum absolute atomic E-state index is 0.273. The fourth-order valence-electron chi connectivity index (χ4n) is 2.94. The van der Waals surface area contributed by atoms with Crippen LogP contribution in [0.3, 0.4) is 0 Å². The van der Waals surface area contributed by atoms with Crippen LogP contribution < -0.4 is 4.90 Å². The molecule has 3 heteroatoms. The summed E-state index contributed by atoms with van der Waals surface area (Å²) in [5, 5.41) is 9.24. The molecule has 1 unspecified atom stereocenters. The molecule has 19 heavy (non-hydrogen) atoms. The Morgan fingerprint density at radius 3 is 2.79 bits per heavy atom. The van der Waals surface area contributed by atoms with E-state index in [0.717, 1.165) is 26.1 Å². The second-order valence-corrected chi connectivity index (χ2v) is 5.67. The van der Waals surface area contributed by atoms with Gasteiger partial charge in [0.25, 0.3) is 0 Å². The van der Waals surface area contributed by atoms with Crippen LogP contribution in [0.1, 0.15) is 24.0 Å². The van der Waals surface area contributed by atoms with Crippen molar-refractivity contribution in [2.45, 2.75) is 32.7 Å². The molecule has 1 atom stereocenters. The molecule has 106 valence electrons. The van der Waals surface area contributed by atoms with E-state index in [0.29, 0.717) is 6.04 Å². The Bertz CT molecular complexity index is 419. The molecule has 1 fully saturated rings. The van der Waals surface area contributed by atoms with Gasteiger partial charge in [0.1, 0.15) is 0 Å². The molecule has 1 N–H and O–H groups in total. The molecule has 1 aliphatic rings. The number of aliphatic hydroxyl groups excluding tert-OH is 1.